The summed E-state index contributed by atoms with van der Waals surface area (Å²) >= 11 is 5.68. The number of carbonyl (C=O) groups is 1. The van der Waals surface area contributed by atoms with Gasteiger partial charge in [0.15, 0.2) is 6.04 Å². The molecular formula is C15H10ClF6N3O. The fourth-order valence-corrected chi connectivity index (χ4v) is 3.21. The topological polar surface area (TPSA) is 49.0 Å². The molecule has 3 rings (SSSR count). The maximum atomic E-state index is 13.5. The minimum atomic E-state index is -4.85. The molecule has 1 unspecified atom stereocenters. The molecule has 2 aromatic rings. The molecule has 1 aromatic carbocycles. The van der Waals surface area contributed by atoms with Gasteiger partial charge in [0.05, 0.1) is 28.2 Å². The van der Waals surface area contributed by atoms with Gasteiger partial charge in [-0.3, -0.25) is 4.79 Å². The van der Waals surface area contributed by atoms with E-state index in [2.05, 4.69) is 9.97 Å². The molecule has 140 valence electrons. The number of benzene rings is 1. The third-order valence-electron chi connectivity index (χ3n) is 4.03. The Morgan fingerprint density at radius 1 is 1.23 bits per heavy atom. The highest BCUT2D eigenvalue weighted by Crippen LogP contribution is 2.42. The Morgan fingerprint density at radius 2 is 1.92 bits per heavy atom. The second-order valence-electron chi connectivity index (χ2n) is 5.62. The van der Waals surface area contributed by atoms with E-state index in [1.807, 2.05) is 0 Å². The molecule has 1 N–H and O–H groups in total. The molecule has 0 saturated heterocycles. The van der Waals surface area contributed by atoms with Crippen LogP contribution in [0, 0.1) is 0 Å². The zero-order valence-corrected chi connectivity index (χ0v) is 13.5. The highest BCUT2D eigenvalue weighted by atomic mass is 35.5. The molecule has 1 aliphatic heterocycles. The quantitative estimate of drug-likeness (QED) is 0.726. The van der Waals surface area contributed by atoms with Crippen LogP contribution in [0.2, 0.25) is 5.02 Å². The molecule has 0 saturated carbocycles. The summed E-state index contributed by atoms with van der Waals surface area (Å²) in [4.78, 5) is 19.3. The van der Waals surface area contributed by atoms with Crippen LogP contribution in [0.4, 0.5) is 26.3 Å². The number of H-pyrrole nitrogens is 1. The summed E-state index contributed by atoms with van der Waals surface area (Å²) < 4.78 is 79.5. The number of nitrogens with one attached hydrogen (secondary N) is 1. The zero-order chi connectivity index (χ0) is 19.3. The van der Waals surface area contributed by atoms with Crippen molar-refractivity contribution in [3.63, 3.8) is 0 Å². The van der Waals surface area contributed by atoms with Crippen molar-refractivity contribution >= 4 is 17.5 Å². The van der Waals surface area contributed by atoms with E-state index >= 15 is 0 Å². The van der Waals surface area contributed by atoms with Gasteiger partial charge in [-0.25, -0.2) is 4.98 Å². The first-order chi connectivity index (χ1) is 12.0. The largest absolute Gasteiger partial charge is 0.417 e. The van der Waals surface area contributed by atoms with E-state index in [-0.39, 0.29) is 24.4 Å². The lowest BCUT2D eigenvalue weighted by atomic mass is 10.00. The van der Waals surface area contributed by atoms with Crippen molar-refractivity contribution in [2.45, 2.75) is 24.8 Å². The number of hydrogen-bond acceptors (Lipinski definition) is 2. The molecule has 26 heavy (non-hydrogen) atoms. The Labute approximate surface area is 147 Å². The van der Waals surface area contributed by atoms with Gasteiger partial charge in [0.2, 0.25) is 0 Å². The average molecular weight is 398 g/mol. The second kappa shape index (κ2) is 6.19. The average Bonchev–Trinajstić information content (AvgIpc) is 2.99. The van der Waals surface area contributed by atoms with E-state index in [9.17, 15) is 31.1 Å². The molecule has 0 bridgehead atoms. The summed E-state index contributed by atoms with van der Waals surface area (Å²) in [5.74, 6) is -1.24. The first-order valence-corrected chi connectivity index (χ1v) is 7.65. The van der Waals surface area contributed by atoms with Crippen LogP contribution >= 0.6 is 11.6 Å². The molecule has 0 spiro atoms. The predicted molar refractivity (Wildman–Crippen MR) is 78.6 cm³/mol. The van der Waals surface area contributed by atoms with Gasteiger partial charge in [-0.2, -0.15) is 26.3 Å². The number of amides is 1. The molecular weight excluding hydrogens is 388 g/mol. The van der Waals surface area contributed by atoms with Gasteiger partial charge in [0.25, 0.3) is 5.91 Å². The highest BCUT2D eigenvalue weighted by Gasteiger charge is 2.51. The lowest BCUT2D eigenvalue weighted by molar-refractivity contribution is -0.182. The molecule has 2 heterocycles. The number of rotatable bonds is 1. The number of fused-ring (bicyclic) bond motifs is 1. The SMILES string of the molecule is O=C(c1cccc(C(F)(F)F)c1Cl)N1CCc2[nH]cnc2C1C(F)(F)F. The van der Waals surface area contributed by atoms with Gasteiger partial charge in [-0.05, 0) is 12.1 Å². The summed E-state index contributed by atoms with van der Waals surface area (Å²) in [7, 11) is 0. The van der Waals surface area contributed by atoms with Gasteiger partial charge in [-0.15, -0.1) is 0 Å². The van der Waals surface area contributed by atoms with Crippen molar-refractivity contribution in [2.24, 2.45) is 0 Å². The third kappa shape index (κ3) is 3.13. The molecule has 1 aliphatic rings. The number of carbonyl (C=O) groups excluding carboxylic acids is 1. The number of aromatic amines is 1. The standard InChI is InChI=1S/C15H10ClF6N3O/c16-10-7(2-1-3-8(10)14(17,18)19)13(26)25-5-4-9-11(24-6-23-9)12(25)15(20,21)22/h1-3,6,12H,4-5H2,(H,23,24). The number of alkyl halides is 6. The zero-order valence-electron chi connectivity index (χ0n) is 12.7. The van der Waals surface area contributed by atoms with Crippen molar-refractivity contribution in [1.82, 2.24) is 14.9 Å². The second-order valence-corrected chi connectivity index (χ2v) is 6.00. The van der Waals surface area contributed by atoms with Crippen LogP contribution in [0.1, 0.15) is 33.4 Å². The Hall–Kier alpha value is -2.23. The van der Waals surface area contributed by atoms with Gasteiger partial charge in [0.1, 0.15) is 0 Å². The third-order valence-corrected chi connectivity index (χ3v) is 4.44. The van der Waals surface area contributed by atoms with Gasteiger partial charge in [-0.1, -0.05) is 17.7 Å². The van der Waals surface area contributed by atoms with Gasteiger partial charge >= 0.3 is 12.4 Å². The van der Waals surface area contributed by atoms with E-state index in [0.29, 0.717) is 11.0 Å². The van der Waals surface area contributed by atoms with Crippen LogP contribution in [-0.4, -0.2) is 33.5 Å². The summed E-state index contributed by atoms with van der Waals surface area (Å²) in [6, 6.07) is 0.181. The predicted octanol–water partition coefficient (Wildman–Crippen LogP) is 4.38. The molecule has 11 heteroatoms. The van der Waals surface area contributed by atoms with Crippen LogP contribution in [0.25, 0.3) is 0 Å². The maximum absolute atomic E-state index is 13.5. The highest BCUT2D eigenvalue weighted by molar-refractivity contribution is 6.34. The van der Waals surface area contributed by atoms with E-state index in [4.69, 9.17) is 11.6 Å². The van der Waals surface area contributed by atoms with Gasteiger partial charge < -0.3 is 9.88 Å². The normalized spacial score (nSPS) is 18.0. The molecule has 1 atom stereocenters. The van der Waals surface area contributed by atoms with Crippen LogP contribution in [-0.2, 0) is 12.6 Å². The van der Waals surface area contributed by atoms with Crippen molar-refractivity contribution in [1.29, 1.82) is 0 Å². The van der Waals surface area contributed by atoms with Crippen molar-refractivity contribution in [3.8, 4) is 0 Å². The number of aromatic nitrogens is 2. The Kier molecular flexibility index (Phi) is 4.41. The van der Waals surface area contributed by atoms with Crippen LogP contribution in [0.3, 0.4) is 0 Å². The monoisotopic (exact) mass is 397 g/mol. The summed E-state index contributed by atoms with van der Waals surface area (Å²) in [5.41, 5.74) is -2.08. The van der Waals surface area contributed by atoms with Gasteiger partial charge in [0, 0.05) is 18.7 Å². The maximum Gasteiger partial charge on any atom is 0.417 e. The first-order valence-electron chi connectivity index (χ1n) is 7.27. The minimum Gasteiger partial charge on any atom is -0.348 e. The van der Waals surface area contributed by atoms with Crippen molar-refractivity contribution in [2.75, 3.05) is 6.54 Å². The van der Waals surface area contributed by atoms with E-state index < -0.39 is 40.5 Å². The number of nitrogens with zero attached hydrogens (tertiary/aromatic N) is 2. The molecule has 1 aromatic heterocycles. The van der Waals surface area contributed by atoms with Crippen molar-refractivity contribution < 1.29 is 31.1 Å². The summed E-state index contributed by atoms with van der Waals surface area (Å²) in [5, 5.41) is -0.932. The smallest absolute Gasteiger partial charge is 0.348 e. The minimum absolute atomic E-state index is 0.0598. The molecule has 1 amide bonds. The molecule has 0 aliphatic carbocycles. The first kappa shape index (κ1) is 18.6. The Balaban J connectivity index is 2.05. The summed E-state index contributed by atoms with van der Waals surface area (Å²) in [6.07, 6.45) is -8.55. The lowest BCUT2D eigenvalue weighted by Crippen LogP contribution is -2.46. The molecule has 0 fully saturated rings. The fourth-order valence-electron chi connectivity index (χ4n) is 2.90. The van der Waals surface area contributed by atoms with E-state index in [0.717, 1.165) is 18.5 Å². The molecule has 0 radical (unpaired) electrons. The number of hydrogen-bond donors (Lipinski definition) is 1. The molecule has 4 nitrogen and oxygen atoms in total. The summed E-state index contributed by atoms with van der Waals surface area (Å²) in [6.45, 7) is -0.342. The lowest BCUT2D eigenvalue weighted by Gasteiger charge is -2.36. The van der Waals surface area contributed by atoms with Crippen LogP contribution in [0.15, 0.2) is 24.5 Å². The Bertz CT molecular complexity index is 845. The van der Waals surface area contributed by atoms with E-state index in [1.54, 1.807) is 0 Å². The van der Waals surface area contributed by atoms with Crippen LogP contribution < -0.4 is 0 Å². The van der Waals surface area contributed by atoms with E-state index in [1.165, 1.54) is 0 Å². The van der Waals surface area contributed by atoms with Crippen LogP contribution in [0.5, 0.6) is 0 Å². The fraction of sp³-hybridized carbons (Fsp3) is 0.333. The van der Waals surface area contributed by atoms with Crippen molar-refractivity contribution in [3.05, 3.63) is 52.1 Å². The number of imidazole rings is 1. The Morgan fingerprint density at radius 3 is 2.54 bits per heavy atom. The number of halogens is 7.